The Morgan fingerprint density at radius 1 is 0.848 bits per heavy atom. The van der Waals surface area contributed by atoms with E-state index < -0.39 is 0 Å². The molecular weight excluding hydrogens is 439 g/mol. The molecule has 1 saturated heterocycles. The minimum Gasteiger partial charge on any atom is -0.424 e. The molecule has 9 heteroatoms. The van der Waals surface area contributed by atoms with E-state index >= 15 is 0 Å². The fraction of sp³-hybridized carbons (Fsp3) is 0.333. The van der Waals surface area contributed by atoms with Crippen LogP contribution in [0.3, 0.4) is 0 Å². The Morgan fingerprint density at radius 2 is 1.61 bits per heavy atom. The summed E-state index contributed by atoms with van der Waals surface area (Å²) in [5.41, 5.74) is 1.96. The maximum atomic E-state index is 13.5. The summed E-state index contributed by atoms with van der Waals surface area (Å²) in [5, 5.41) is 18.0. The maximum absolute atomic E-state index is 13.5. The zero-order chi connectivity index (χ0) is 22.5. The second-order valence-electron chi connectivity index (χ2n) is 8.09. The van der Waals surface area contributed by atoms with Gasteiger partial charge in [0.25, 0.3) is 0 Å². The highest BCUT2D eigenvalue weighted by Crippen LogP contribution is 2.26. The lowest BCUT2D eigenvalue weighted by molar-refractivity contribution is 0.214. The summed E-state index contributed by atoms with van der Waals surface area (Å²) < 4.78 is 21.4. The Balaban J connectivity index is 1.32. The molecule has 4 aromatic rings. The Kier molecular flexibility index (Phi) is 6.78. The highest BCUT2D eigenvalue weighted by molar-refractivity contribution is 7.98. The van der Waals surface area contributed by atoms with Crippen molar-refractivity contribution in [1.82, 2.24) is 29.9 Å². The Bertz CT molecular complexity index is 1170. The largest absolute Gasteiger partial charge is 0.424 e. The fourth-order valence-corrected chi connectivity index (χ4v) is 4.79. The number of hydrogen-bond acceptors (Lipinski definition) is 7. The summed E-state index contributed by atoms with van der Waals surface area (Å²) in [6, 6.07) is 16.5. The summed E-state index contributed by atoms with van der Waals surface area (Å²) in [4.78, 5) is 2.40. The first-order valence-corrected chi connectivity index (χ1v) is 12.1. The van der Waals surface area contributed by atoms with E-state index in [1.165, 1.54) is 43.2 Å². The summed E-state index contributed by atoms with van der Waals surface area (Å²) in [5.74, 6) is 2.18. The smallest absolute Gasteiger partial charge is 0.226 e. The van der Waals surface area contributed by atoms with Crippen molar-refractivity contribution in [2.75, 3.05) is 13.1 Å². The van der Waals surface area contributed by atoms with E-state index in [1.807, 2.05) is 34.9 Å². The average molecular weight is 465 g/mol. The molecule has 0 amide bonds. The second kappa shape index (κ2) is 10.3. The van der Waals surface area contributed by atoms with Gasteiger partial charge in [0.2, 0.25) is 11.8 Å². The number of benzene rings is 2. The third kappa shape index (κ3) is 5.48. The molecule has 0 radical (unpaired) electrons. The normalized spacial score (nSPS) is 14.6. The SMILES string of the molecule is Fc1ccc(-n2c(CN3CCCCC3)nnc2SCc2nnc(Cc3ccccc3)o2)cc1. The van der Waals surface area contributed by atoms with Crippen molar-refractivity contribution in [2.45, 2.75) is 43.1 Å². The molecule has 1 aliphatic rings. The van der Waals surface area contributed by atoms with Gasteiger partial charge in [-0.3, -0.25) is 9.47 Å². The van der Waals surface area contributed by atoms with Gasteiger partial charge in [-0.25, -0.2) is 4.39 Å². The topological polar surface area (TPSA) is 72.9 Å². The molecule has 0 N–H and O–H groups in total. The molecule has 7 nitrogen and oxygen atoms in total. The van der Waals surface area contributed by atoms with Crippen LogP contribution in [-0.4, -0.2) is 43.0 Å². The molecular formula is C24H25FN6OS. The number of aromatic nitrogens is 5. The fourth-order valence-electron chi connectivity index (χ4n) is 3.98. The number of rotatable bonds is 8. The van der Waals surface area contributed by atoms with E-state index in [1.54, 1.807) is 12.1 Å². The number of thioether (sulfide) groups is 1. The van der Waals surface area contributed by atoms with Crippen molar-refractivity contribution in [3.05, 3.63) is 83.6 Å². The van der Waals surface area contributed by atoms with Crippen molar-refractivity contribution < 1.29 is 8.81 Å². The molecule has 170 valence electrons. The van der Waals surface area contributed by atoms with Crippen LogP contribution in [0.15, 0.2) is 64.2 Å². The number of halogens is 1. The molecule has 1 fully saturated rings. The molecule has 33 heavy (non-hydrogen) atoms. The Morgan fingerprint density at radius 3 is 2.39 bits per heavy atom. The van der Waals surface area contributed by atoms with Crippen molar-refractivity contribution in [1.29, 1.82) is 0 Å². The molecule has 0 aliphatic carbocycles. The summed E-state index contributed by atoms with van der Waals surface area (Å²) >= 11 is 1.48. The minimum atomic E-state index is -0.268. The molecule has 0 bridgehead atoms. The second-order valence-corrected chi connectivity index (χ2v) is 9.03. The molecule has 0 atom stereocenters. The van der Waals surface area contributed by atoms with Crippen molar-refractivity contribution in [3.63, 3.8) is 0 Å². The number of hydrogen-bond donors (Lipinski definition) is 0. The Hall–Kier alpha value is -3.04. The Labute approximate surface area is 196 Å². The number of nitrogens with zero attached hydrogens (tertiary/aromatic N) is 6. The first-order chi connectivity index (χ1) is 16.2. The van der Waals surface area contributed by atoms with Crippen LogP contribution < -0.4 is 0 Å². The van der Waals surface area contributed by atoms with Gasteiger partial charge in [0.05, 0.1) is 18.7 Å². The third-order valence-corrected chi connectivity index (χ3v) is 6.54. The van der Waals surface area contributed by atoms with Crippen molar-refractivity contribution in [3.8, 4) is 5.69 Å². The lowest BCUT2D eigenvalue weighted by atomic mass is 10.1. The number of likely N-dealkylation sites (tertiary alicyclic amines) is 1. The van der Waals surface area contributed by atoms with E-state index in [2.05, 4.69) is 25.3 Å². The molecule has 5 rings (SSSR count). The monoisotopic (exact) mass is 464 g/mol. The van der Waals surface area contributed by atoms with Gasteiger partial charge >= 0.3 is 0 Å². The first kappa shape index (κ1) is 21.8. The highest BCUT2D eigenvalue weighted by atomic mass is 32.2. The van der Waals surface area contributed by atoms with E-state index in [0.717, 1.165) is 35.3 Å². The summed E-state index contributed by atoms with van der Waals surface area (Å²) in [7, 11) is 0. The van der Waals surface area contributed by atoms with Crippen LogP contribution in [0, 0.1) is 5.82 Å². The van der Waals surface area contributed by atoms with E-state index in [4.69, 9.17) is 4.42 Å². The maximum Gasteiger partial charge on any atom is 0.226 e. The lowest BCUT2D eigenvalue weighted by Crippen LogP contribution is -2.30. The molecule has 3 heterocycles. The third-order valence-electron chi connectivity index (χ3n) is 5.63. The molecule has 2 aromatic heterocycles. The van der Waals surface area contributed by atoms with Gasteiger partial charge in [0.15, 0.2) is 11.0 Å². The predicted octanol–water partition coefficient (Wildman–Crippen LogP) is 4.66. The summed E-state index contributed by atoms with van der Waals surface area (Å²) in [6.45, 7) is 2.84. The van der Waals surface area contributed by atoms with Gasteiger partial charge in [-0.15, -0.1) is 20.4 Å². The van der Waals surface area contributed by atoms with Crippen LogP contribution in [0.5, 0.6) is 0 Å². The highest BCUT2D eigenvalue weighted by Gasteiger charge is 2.20. The zero-order valence-corrected chi connectivity index (χ0v) is 19.0. The molecule has 0 spiro atoms. The van der Waals surface area contributed by atoms with Gasteiger partial charge in [-0.2, -0.15) is 0 Å². The van der Waals surface area contributed by atoms with Crippen LogP contribution in [0.1, 0.15) is 42.4 Å². The van der Waals surface area contributed by atoms with Crippen LogP contribution in [0.25, 0.3) is 5.69 Å². The van der Waals surface area contributed by atoms with Crippen LogP contribution >= 0.6 is 11.8 Å². The predicted molar refractivity (Wildman–Crippen MR) is 124 cm³/mol. The van der Waals surface area contributed by atoms with Crippen LogP contribution in [-0.2, 0) is 18.7 Å². The van der Waals surface area contributed by atoms with E-state index in [9.17, 15) is 4.39 Å². The molecule has 2 aromatic carbocycles. The average Bonchev–Trinajstić information content (AvgIpc) is 3.46. The van der Waals surface area contributed by atoms with Crippen molar-refractivity contribution in [2.24, 2.45) is 0 Å². The van der Waals surface area contributed by atoms with Gasteiger partial charge in [-0.05, 0) is 55.8 Å². The van der Waals surface area contributed by atoms with Gasteiger partial charge in [0.1, 0.15) is 5.82 Å². The van der Waals surface area contributed by atoms with E-state index in [-0.39, 0.29) is 5.82 Å². The van der Waals surface area contributed by atoms with Crippen molar-refractivity contribution >= 4 is 11.8 Å². The zero-order valence-electron chi connectivity index (χ0n) is 18.2. The van der Waals surface area contributed by atoms with Gasteiger partial charge in [0, 0.05) is 5.69 Å². The molecule has 1 aliphatic heterocycles. The molecule has 0 saturated carbocycles. The van der Waals surface area contributed by atoms with Gasteiger partial charge < -0.3 is 4.42 Å². The number of piperidine rings is 1. The van der Waals surface area contributed by atoms with E-state index in [0.29, 0.717) is 30.5 Å². The van der Waals surface area contributed by atoms with Crippen LogP contribution in [0.4, 0.5) is 4.39 Å². The molecule has 0 unspecified atom stereocenters. The lowest BCUT2D eigenvalue weighted by Gasteiger charge is -2.26. The standard InChI is InChI=1S/C24H25FN6OS/c25-19-9-11-20(12-10-19)31-21(16-30-13-5-2-6-14-30)26-29-24(31)33-17-23-28-27-22(32-23)15-18-7-3-1-4-8-18/h1,3-4,7-12H,2,5-6,13-17H2. The van der Waals surface area contributed by atoms with Crippen LogP contribution in [0.2, 0.25) is 0 Å². The quantitative estimate of drug-likeness (QED) is 0.351. The minimum absolute atomic E-state index is 0.268. The first-order valence-electron chi connectivity index (χ1n) is 11.2. The summed E-state index contributed by atoms with van der Waals surface area (Å²) in [6.07, 6.45) is 4.28. The van der Waals surface area contributed by atoms with Gasteiger partial charge in [-0.1, -0.05) is 48.5 Å².